The lowest BCUT2D eigenvalue weighted by Gasteiger charge is -2.28. The highest BCUT2D eigenvalue weighted by Crippen LogP contribution is 2.27. The Morgan fingerprint density at radius 1 is 1.27 bits per heavy atom. The molecule has 0 radical (unpaired) electrons. The van der Waals surface area contributed by atoms with Crippen LogP contribution in [0.5, 0.6) is 11.5 Å². The van der Waals surface area contributed by atoms with Crippen molar-refractivity contribution in [3.63, 3.8) is 0 Å². The smallest absolute Gasteiger partial charge is 0.240 e. The number of rotatable bonds is 6. The SMILES string of the molecule is COc1ccc(CCN(C)C(=O)C2CNCCN2)cc1OC. The van der Waals surface area contributed by atoms with Crippen LogP contribution in [0.4, 0.5) is 0 Å². The Hall–Kier alpha value is -1.79. The first-order chi connectivity index (χ1) is 10.7. The van der Waals surface area contributed by atoms with E-state index in [0.29, 0.717) is 24.6 Å². The molecule has 1 aliphatic rings. The third-order valence-electron chi connectivity index (χ3n) is 3.90. The molecular formula is C16H25N3O3. The molecule has 122 valence electrons. The summed E-state index contributed by atoms with van der Waals surface area (Å²) in [5.74, 6) is 1.56. The lowest BCUT2D eigenvalue weighted by molar-refractivity contribution is -0.132. The van der Waals surface area contributed by atoms with E-state index >= 15 is 0 Å². The van der Waals surface area contributed by atoms with Crippen molar-refractivity contribution in [1.82, 2.24) is 15.5 Å². The lowest BCUT2D eigenvalue weighted by atomic mass is 10.1. The summed E-state index contributed by atoms with van der Waals surface area (Å²) in [5.41, 5.74) is 1.12. The number of amides is 1. The molecule has 1 aliphatic heterocycles. The van der Waals surface area contributed by atoms with E-state index in [2.05, 4.69) is 10.6 Å². The Bertz CT molecular complexity index is 501. The number of benzene rings is 1. The highest BCUT2D eigenvalue weighted by atomic mass is 16.5. The van der Waals surface area contributed by atoms with Gasteiger partial charge in [-0.1, -0.05) is 6.07 Å². The minimum atomic E-state index is -0.121. The van der Waals surface area contributed by atoms with Crippen LogP contribution < -0.4 is 20.1 Å². The summed E-state index contributed by atoms with van der Waals surface area (Å²) in [6.07, 6.45) is 0.780. The highest BCUT2D eigenvalue weighted by Gasteiger charge is 2.23. The zero-order valence-electron chi connectivity index (χ0n) is 13.5. The molecule has 1 amide bonds. The fourth-order valence-corrected chi connectivity index (χ4v) is 2.54. The zero-order chi connectivity index (χ0) is 15.9. The predicted molar refractivity (Wildman–Crippen MR) is 85.5 cm³/mol. The average molecular weight is 307 g/mol. The molecule has 1 aromatic carbocycles. The van der Waals surface area contributed by atoms with Crippen molar-refractivity contribution in [2.45, 2.75) is 12.5 Å². The van der Waals surface area contributed by atoms with Crippen molar-refractivity contribution in [1.29, 1.82) is 0 Å². The quantitative estimate of drug-likeness (QED) is 0.790. The molecule has 1 heterocycles. The van der Waals surface area contributed by atoms with Gasteiger partial charge in [-0.15, -0.1) is 0 Å². The molecule has 6 nitrogen and oxygen atoms in total. The summed E-state index contributed by atoms with van der Waals surface area (Å²) < 4.78 is 10.5. The van der Waals surface area contributed by atoms with E-state index in [1.54, 1.807) is 19.1 Å². The number of hydrogen-bond acceptors (Lipinski definition) is 5. The van der Waals surface area contributed by atoms with Gasteiger partial charge in [0.1, 0.15) is 0 Å². The second-order valence-electron chi connectivity index (χ2n) is 5.41. The summed E-state index contributed by atoms with van der Waals surface area (Å²) in [6.45, 7) is 3.12. The van der Waals surface area contributed by atoms with Crippen molar-refractivity contribution in [3.8, 4) is 11.5 Å². The van der Waals surface area contributed by atoms with Crippen LogP contribution in [-0.4, -0.2) is 64.3 Å². The van der Waals surface area contributed by atoms with Crippen molar-refractivity contribution < 1.29 is 14.3 Å². The minimum absolute atomic E-state index is 0.121. The molecule has 0 bridgehead atoms. The average Bonchev–Trinajstić information content (AvgIpc) is 2.59. The molecule has 22 heavy (non-hydrogen) atoms. The Labute approximate surface area is 131 Å². The third-order valence-corrected chi connectivity index (χ3v) is 3.90. The number of nitrogens with zero attached hydrogens (tertiary/aromatic N) is 1. The number of carbonyl (C=O) groups excluding carboxylic acids is 1. The van der Waals surface area contributed by atoms with E-state index in [-0.39, 0.29) is 11.9 Å². The third kappa shape index (κ3) is 4.11. The molecular weight excluding hydrogens is 282 g/mol. The Kier molecular flexibility index (Phi) is 6.03. The molecule has 0 spiro atoms. The highest BCUT2D eigenvalue weighted by molar-refractivity contribution is 5.82. The van der Waals surface area contributed by atoms with Crippen LogP contribution in [-0.2, 0) is 11.2 Å². The van der Waals surface area contributed by atoms with Crippen molar-refractivity contribution in [2.75, 3.05) is 47.4 Å². The maximum Gasteiger partial charge on any atom is 0.240 e. The van der Waals surface area contributed by atoms with Gasteiger partial charge in [-0.3, -0.25) is 4.79 Å². The standard InChI is InChI=1S/C16H25N3O3/c1-19(16(20)13-11-17-7-8-18-13)9-6-12-4-5-14(21-2)15(10-12)22-3/h4-5,10,13,17-18H,6-9,11H2,1-3H3. The van der Waals surface area contributed by atoms with Crippen LogP contribution in [0.1, 0.15) is 5.56 Å². The number of likely N-dealkylation sites (N-methyl/N-ethyl adjacent to an activating group) is 1. The van der Waals surface area contributed by atoms with E-state index in [1.807, 2.05) is 25.2 Å². The molecule has 1 aromatic rings. The Morgan fingerprint density at radius 3 is 2.68 bits per heavy atom. The van der Waals surface area contributed by atoms with Crippen LogP contribution in [0.3, 0.4) is 0 Å². The number of nitrogens with one attached hydrogen (secondary N) is 2. The first-order valence-electron chi connectivity index (χ1n) is 7.55. The first-order valence-corrected chi connectivity index (χ1v) is 7.55. The molecule has 2 rings (SSSR count). The summed E-state index contributed by atoms with van der Waals surface area (Å²) >= 11 is 0. The van der Waals surface area contributed by atoms with Gasteiger partial charge in [0, 0.05) is 33.2 Å². The fraction of sp³-hybridized carbons (Fsp3) is 0.562. The van der Waals surface area contributed by atoms with E-state index < -0.39 is 0 Å². The van der Waals surface area contributed by atoms with Gasteiger partial charge >= 0.3 is 0 Å². The van der Waals surface area contributed by atoms with Crippen molar-refractivity contribution in [3.05, 3.63) is 23.8 Å². The van der Waals surface area contributed by atoms with Crippen molar-refractivity contribution >= 4 is 5.91 Å². The fourth-order valence-electron chi connectivity index (χ4n) is 2.54. The molecule has 1 saturated heterocycles. The van der Waals surface area contributed by atoms with Gasteiger partial charge in [0.15, 0.2) is 11.5 Å². The Balaban J connectivity index is 1.90. The van der Waals surface area contributed by atoms with Gasteiger partial charge in [-0.2, -0.15) is 0 Å². The number of methoxy groups -OCH3 is 2. The van der Waals surface area contributed by atoms with Gasteiger partial charge in [0.25, 0.3) is 0 Å². The van der Waals surface area contributed by atoms with Crippen LogP contribution in [0.15, 0.2) is 18.2 Å². The molecule has 1 fully saturated rings. The van der Waals surface area contributed by atoms with Crippen molar-refractivity contribution in [2.24, 2.45) is 0 Å². The molecule has 6 heteroatoms. The second kappa shape index (κ2) is 8.00. The number of ether oxygens (including phenoxy) is 2. The zero-order valence-corrected chi connectivity index (χ0v) is 13.5. The largest absolute Gasteiger partial charge is 0.493 e. The maximum atomic E-state index is 12.3. The summed E-state index contributed by atoms with van der Waals surface area (Å²) in [7, 11) is 5.09. The monoisotopic (exact) mass is 307 g/mol. The topological polar surface area (TPSA) is 62.8 Å². The number of hydrogen-bond donors (Lipinski definition) is 2. The van der Waals surface area contributed by atoms with Gasteiger partial charge in [0.2, 0.25) is 5.91 Å². The minimum Gasteiger partial charge on any atom is -0.493 e. The summed E-state index contributed by atoms with van der Waals surface area (Å²) in [5, 5.41) is 6.47. The van der Waals surface area contributed by atoms with E-state index in [9.17, 15) is 4.79 Å². The molecule has 1 unspecified atom stereocenters. The Morgan fingerprint density at radius 2 is 2.05 bits per heavy atom. The first kappa shape index (κ1) is 16.6. The molecule has 0 saturated carbocycles. The molecule has 0 aliphatic carbocycles. The lowest BCUT2D eigenvalue weighted by Crippen LogP contribution is -2.56. The summed E-state index contributed by atoms with van der Waals surface area (Å²) in [4.78, 5) is 14.1. The normalized spacial score (nSPS) is 17.9. The van der Waals surface area contributed by atoms with Gasteiger partial charge in [-0.25, -0.2) is 0 Å². The van der Waals surface area contributed by atoms with Crippen LogP contribution in [0, 0.1) is 0 Å². The molecule has 0 aromatic heterocycles. The van der Waals surface area contributed by atoms with E-state index in [0.717, 1.165) is 25.1 Å². The number of piperazine rings is 1. The van der Waals surface area contributed by atoms with Crippen LogP contribution >= 0.6 is 0 Å². The van der Waals surface area contributed by atoms with Crippen LogP contribution in [0.2, 0.25) is 0 Å². The van der Waals surface area contributed by atoms with Gasteiger partial charge in [0.05, 0.1) is 20.3 Å². The summed E-state index contributed by atoms with van der Waals surface area (Å²) in [6, 6.07) is 5.73. The maximum absolute atomic E-state index is 12.3. The number of carbonyl (C=O) groups is 1. The molecule has 1 atom stereocenters. The van der Waals surface area contributed by atoms with E-state index in [4.69, 9.17) is 9.47 Å². The van der Waals surface area contributed by atoms with Crippen LogP contribution in [0.25, 0.3) is 0 Å². The van der Waals surface area contributed by atoms with E-state index in [1.165, 1.54) is 0 Å². The predicted octanol–water partition coefficient (Wildman–Crippen LogP) is 0.266. The second-order valence-corrected chi connectivity index (χ2v) is 5.41. The van der Waals surface area contributed by atoms with Gasteiger partial charge in [-0.05, 0) is 24.1 Å². The molecule has 2 N–H and O–H groups in total. The van der Waals surface area contributed by atoms with Gasteiger partial charge < -0.3 is 25.0 Å².